The Hall–Kier alpha value is -3.16. The molecule has 0 bridgehead atoms. The van der Waals surface area contributed by atoms with E-state index in [1.807, 2.05) is 41.8 Å². The highest BCUT2D eigenvalue weighted by Crippen LogP contribution is 2.33. The number of carboxylic acid groups (broad SMARTS) is 1. The first-order valence-corrected chi connectivity index (χ1v) is 10.6. The van der Waals surface area contributed by atoms with Crippen LogP contribution in [-0.2, 0) is 11.2 Å². The molecule has 0 spiro atoms. The lowest BCUT2D eigenvalue weighted by Crippen LogP contribution is -2.36. The van der Waals surface area contributed by atoms with Crippen LogP contribution >= 0.6 is 11.6 Å². The number of carbonyl (C=O) groups is 1. The molecule has 7 nitrogen and oxygen atoms in total. The fourth-order valence-electron chi connectivity index (χ4n) is 4.20. The van der Waals surface area contributed by atoms with Crippen molar-refractivity contribution >= 4 is 45.2 Å². The van der Waals surface area contributed by atoms with Crippen molar-refractivity contribution in [3.63, 3.8) is 0 Å². The van der Waals surface area contributed by atoms with Gasteiger partial charge in [-0.1, -0.05) is 30.7 Å². The smallest absolute Gasteiger partial charge is 0.338 e. The van der Waals surface area contributed by atoms with Gasteiger partial charge in [-0.05, 0) is 24.3 Å². The number of aromatic carboxylic acids is 1. The van der Waals surface area contributed by atoms with Crippen LogP contribution in [0.15, 0.2) is 42.6 Å². The van der Waals surface area contributed by atoms with Crippen molar-refractivity contribution in [1.82, 2.24) is 14.5 Å². The predicted molar refractivity (Wildman–Crippen MR) is 121 cm³/mol. The average molecular weight is 437 g/mol. The SMILES string of the molecule is CCc1nc2c(C(=O)O)cc(N3CCOCC3)cc2n1-c1ccnc2c(Cl)cccc12. The summed E-state index contributed by atoms with van der Waals surface area (Å²) in [5.74, 6) is -0.209. The Bertz CT molecular complexity index is 1310. The quantitative estimate of drug-likeness (QED) is 0.513. The standard InChI is InChI=1S/C23H21ClN4O3/c1-2-20-26-22-16(23(29)30)12-14(27-8-10-31-11-9-27)13-19(22)28(20)18-6-7-25-21-15(18)4-3-5-17(21)24/h3-7,12-13H,2,8-11H2,1H3,(H,29,30). The molecule has 1 aliphatic rings. The summed E-state index contributed by atoms with van der Waals surface area (Å²) in [4.78, 5) is 23.5. The zero-order chi connectivity index (χ0) is 21.5. The summed E-state index contributed by atoms with van der Waals surface area (Å²) in [5, 5.41) is 11.4. The second-order valence-corrected chi connectivity index (χ2v) is 7.86. The number of imidazole rings is 1. The molecular formula is C23H21ClN4O3. The molecule has 1 N–H and O–H groups in total. The monoisotopic (exact) mass is 436 g/mol. The summed E-state index contributed by atoms with van der Waals surface area (Å²) in [5.41, 5.74) is 3.87. The van der Waals surface area contributed by atoms with Crippen LogP contribution in [0.2, 0.25) is 5.02 Å². The molecule has 2 aromatic heterocycles. The van der Waals surface area contributed by atoms with E-state index in [1.54, 1.807) is 12.3 Å². The molecule has 5 rings (SSSR count). The number of hydrogen-bond acceptors (Lipinski definition) is 5. The van der Waals surface area contributed by atoms with Crippen LogP contribution in [0.3, 0.4) is 0 Å². The Kier molecular flexibility index (Phi) is 5.00. The molecule has 4 aromatic rings. The van der Waals surface area contributed by atoms with Gasteiger partial charge in [0.25, 0.3) is 0 Å². The van der Waals surface area contributed by atoms with Crippen LogP contribution in [0.1, 0.15) is 23.1 Å². The van der Waals surface area contributed by atoms with Gasteiger partial charge in [0.05, 0.1) is 40.5 Å². The number of pyridine rings is 1. The maximum absolute atomic E-state index is 12.1. The molecule has 1 saturated heterocycles. The number of benzene rings is 2. The van der Waals surface area contributed by atoms with Gasteiger partial charge in [-0.25, -0.2) is 9.78 Å². The fraction of sp³-hybridized carbons (Fsp3) is 0.261. The fourth-order valence-corrected chi connectivity index (χ4v) is 4.43. The summed E-state index contributed by atoms with van der Waals surface area (Å²) < 4.78 is 7.50. The minimum Gasteiger partial charge on any atom is -0.478 e. The lowest BCUT2D eigenvalue weighted by Gasteiger charge is -2.29. The molecule has 8 heteroatoms. The van der Waals surface area contributed by atoms with Crippen molar-refractivity contribution in [1.29, 1.82) is 0 Å². The highest BCUT2D eigenvalue weighted by Gasteiger charge is 2.22. The maximum atomic E-state index is 12.1. The Balaban J connectivity index is 1.83. The number of rotatable bonds is 4. The van der Waals surface area contributed by atoms with Crippen molar-refractivity contribution < 1.29 is 14.6 Å². The maximum Gasteiger partial charge on any atom is 0.338 e. The van der Waals surface area contributed by atoms with Gasteiger partial charge in [-0.3, -0.25) is 9.55 Å². The summed E-state index contributed by atoms with van der Waals surface area (Å²) in [6.45, 7) is 4.68. The van der Waals surface area contributed by atoms with E-state index in [2.05, 4.69) is 9.88 Å². The summed E-state index contributed by atoms with van der Waals surface area (Å²) in [6, 6.07) is 11.3. The molecule has 31 heavy (non-hydrogen) atoms. The van der Waals surface area contributed by atoms with Crippen LogP contribution in [0.4, 0.5) is 5.69 Å². The van der Waals surface area contributed by atoms with Crippen molar-refractivity contribution in [3.8, 4) is 5.69 Å². The lowest BCUT2D eigenvalue weighted by atomic mass is 10.1. The third kappa shape index (κ3) is 3.30. The van der Waals surface area contributed by atoms with E-state index in [4.69, 9.17) is 21.3 Å². The van der Waals surface area contributed by atoms with Gasteiger partial charge in [0, 0.05) is 36.8 Å². The van der Waals surface area contributed by atoms with Crippen molar-refractivity contribution in [2.75, 3.05) is 31.2 Å². The summed E-state index contributed by atoms with van der Waals surface area (Å²) >= 11 is 6.39. The third-order valence-corrected chi connectivity index (χ3v) is 5.98. The minimum atomic E-state index is -0.991. The average Bonchev–Trinajstić information content (AvgIpc) is 3.17. The van der Waals surface area contributed by atoms with Gasteiger partial charge < -0.3 is 14.7 Å². The number of anilines is 1. The number of carboxylic acids is 1. The molecule has 0 unspecified atom stereocenters. The van der Waals surface area contributed by atoms with E-state index in [9.17, 15) is 9.90 Å². The number of hydrogen-bond donors (Lipinski definition) is 1. The second-order valence-electron chi connectivity index (χ2n) is 7.45. The number of fused-ring (bicyclic) bond motifs is 2. The lowest BCUT2D eigenvalue weighted by molar-refractivity contribution is 0.0699. The number of para-hydroxylation sites is 1. The van der Waals surface area contributed by atoms with Crippen LogP contribution in [0.25, 0.3) is 27.6 Å². The number of nitrogens with zero attached hydrogens (tertiary/aromatic N) is 4. The second kappa shape index (κ2) is 7.83. The van der Waals surface area contributed by atoms with Gasteiger partial charge in [0.2, 0.25) is 0 Å². The van der Waals surface area contributed by atoms with Gasteiger partial charge >= 0.3 is 5.97 Å². The van der Waals surface area contributed by atoms with Crippen LogP contribution in [-0.4, -0.2) is 51.9 Å². The molecule has 0 saturated carbocycles. The molecule has 0 amide bonds. The Morgan fingerprint density at radius 2 is 2.00 bits per heavy atom. The Morgan fingerprint density at radius 1 is 1.19 bits per heavy atom. The molecule has 0 aliphatic carbocycles. The Labute approximate surface area is 183 Å². The molecule has 3 heterocycles. The van der Waals surface area contributed by atoms with Crippen molar-refractivity contribution in [2.45, 2.75) is 13.3 Å². The first kappa shape index (κ1) is 19.8. The summed E-state index contributed by atoms with van der Waals surface area (Å²) in [6.07, 6.45) is 2.36. The molecular weight excluding hydrogens is 416 g/mol. The van der Waals surface area contributed by atoms with Gasteiger partial charge in [-0.15, -0.1) is 0 Å². The molecule has 0 radical (unpaired) electrons. The van der Waals surface area contributed by atoms with Gasteiger partial charge in [-0.2, -0.15) is 0 Å². The number of morpholine rings is 1. The first-order valence-electron chi connectivity index (χ1n) is 10.2. The van der Waals surface area contributed by atoms with Crippen LogP contribution in [0.5, 0.6) is 0 Å². The van der Waals surface area contributed by atoms with E-state index in [0.717, 1.165) is 28.1 Å². The van der Waals surface area contributed by atoms with E-state index in [0.29, 0.717) is 48.8 Å². The predicted octanol–water partition coefficient (Wildman–Crippen LogP) is 4.32. The topological polar surface area (TPSA) is 80.5 Å². The zero-order valence-electron chi connectivity index (χ0n) is 17.0. The Morgan fingerprint density at radius 3 is 2.74 bits per heavy atom. The molecule has 1 fully saturated rings. The van der Waals surface area contributed by atoms with E-state index >= 15 is 0 Å². The first-order chi connectivity index (χ1) is 15.1. The molecule has 1 aliphatic heterocycles. The van der Waals surface area contributed by atoms with Crippen LogP contribution < -0.4 is 4.90 Å². The van der Waals surface area contributed by atoms with E-state index < -0.39 is 5.97 Å². The van der Waals surface area contributed by atoms with Crippen molar-refractivity contribution in [2.24, 2.45) is 0 Å². The number of ether oxygens (including phenoxy) is 1. The van der Waals surface area contributed by atoms with Crippen molar-refractivity contribution in [3.05, 3.63) is 59.0 Å². The van der Waals surface area contributed by atoms with Crippen LogP contribution in [0, 0.1) is 0 Å². The number of aromatic nitrogens is 3. The molecule has 158 valence electrons. The minimum absolute atomic E-state index is 0.198. The highest BCUT2D eigenvalue weighted by molar-refractivity contribution is 6.35. The van der Waals surface area contributed by atoms with Gasteiger partial charge in [0.1, 0.15) is 11.3 Å². The zero-order valence-corrected chi connectivity index (χ0v) is 17.8. The number of aryl methyl sites for hydroxylation is 1. The normalized spacial score (nSPS) is 14.5. The van der Waals surface area contributed by atoms with Gasteiger partial charge in [0.15, 0.2) is 0 Å². The molecule has 2 aromatic carbocycles. The third-order valence-electron chi connectivity index (χ3n) is 5.68. The van der Waals surface area contributed by atoms with E-state index in [-0.39, 0.29) is 5.56 Å². The van der Waals surface area contributed by atoms with E-state index in [1.165, 1.54) is 0 Å². The largest absolute Gasteiger partial charge is 0.478 e. The highest BCUT2D eigenvalue weighted by atomic mass is 35.5. The summed E-state index contributed by atoms with van der Waals surface area (Å²) in [7, 11) is 0. The number of halogens is 1. The molecule has 0 atom stereocenters.